The molecule has 1 heterocycles. The van der Waals surface area contributed by atoms with Gasteiger partial charge in [-0.05, 0) is 32.9 Å². The predicted octanol–water partition coefficient (Wildman–Crippen LogP) is 1.22. The standard InChI is InChI=1S/C8H14NO/c1-8(10)7-9-5-3-2-4-6-9/h7H,2-6H2,1H3. The van der Waals surface area contributed by atoms with Gasteiger partial charge in [0, 0.05) is 0 Å². The highest BCUT2D eigenvalue weighted by Gasteiger charge is 2.10. The van der Waals surface area contributed by atoms with E-state index < -0.39 is 0 Å². The second-order valence-corrected chi connectivity index (χ2v) is 2.84. The van der Waals surface area contributed by atoms with E-state index in [-0.39, 0.29) is 5.78 Å². The van der Waals surface area contributed by atoms with Crippen LogP contribution in [0.15, 0.2) is 0 Å². The van der Waals surface area contributed by atoms with Crippen molar-refractivity contribution in [1.29, 1.82) is 0 Å². The molecule has 2 nitrogen and oxygen atoms in total. The van der Waals surface area contributed by atoms with E-state index in [1.54, 1.807) is 13.5 Å². The van der Waals surface area contributed by atoms with Gasteiger partial charge in [-0.2, -0.15) is 0 Å². The Bertz CT molecular complexity index is 116. The zero-order chi connectivity index (χ0) is 7.40. The van der Waals surface area contributed by atoms with E-state index in [1.807, 2.05) is 0 Å². The average Bonchev–Trinajstić information content (AvgIpc) is 1.88. The second kappa shape index (κ2) is 3.71. The topological polar surface area (TPSA) is 20.3 Å². The van der Waals surface area contributed by atoms with E-state index in [9.17, 15) is 4.79 Å². The van der Waals surface area contributed by atoms with E-state index in [0.29, 0.717) is 0 Å². The van der Waals surface area contributed by atoms with E-state index >= 15 is 0 Å². The van der Waals surface area contributed by atoms with Crippen LogP contribution in [-0.4, -0.2) is 23.8 Å². The van der Waals surface area contributed by atoms with E-state index in [2.05, 4.69) is 4.90 Å². The van der Waals surface area contributed by atoms with Crippen molar-refractivity contribution in [2.45, 2.75) is 26.2 Å². The Hall–Kier alpha value is -0.370. The van der Waals surface area contributed by atoms with Crippen molar-refractivity contribution in [2.75, 3.05) is 13.1 Å². The second-order valence-electron chi connectivity index (χ2n) is 2.84. The monoisotopic (exact) mass is 140 g/mol. The van der Waals surface area contributed by atoms with Gasteiger partial charge in [-0.1, -0.05) is 6.42 Å². The molecule has 1 aliphatic rings. The first-order valence-electron chi connectivity index (χ1n) is 3.88. The highest BCUT2D eigenvalue weighted by Crippen LogP contribution is 2.09. The van der Waals surface area contributed by atoms with E-state index in [1.165, 1.54) is 19.3 Å². The van der Waals surface area contributed by atoms with Crippen molar-refractivity contribution in [2.24, 2.45) is 0 Å². The number of hydrogen-bond donors (Lipinski definition) is 0. The Morgan fingerprint density at radius 3 is 2.40 bits per heavy atom. The maximum atomic E-state index is 10.6. The first-order valence-corrected chi connectivity index (χ1v) is 3.88. The molecule has 0 aromatic heterocycles. The fraction of sp³-hybridized carbons (Fsp3) is 0.750. The molecule has 10 heavy (non-hydrogen) atoms. The van der Waals surface area contributed by atoms with Gasteiger partial charge in [0.1, 0.15) is 5.78 Å². The molecule has 0 aliphatic carbocycles. The van der Waals surface area contributed by atoms with Crippen LogP contribution in [-0.2, 0) is 4.79 Å². The summed E-state index contributed by atoms with van der Waals surface area (Å²) >= 11 is 0. The Kier molecular flexibility index (Phi) is 2.87. The molecule has 0 aromatic carbocycles. The van der Waals surface area contributed by atoms with Crippen molar-refractivity contribution in [3.05, 3.63) is 6.54 Å². The van der Waals surface area contributed by atoms with Gasteiger partial charge in [-0.3, -0.25) is 9.69 Å². The van der Waals surface area contributed by atoms with Crippen LogP contribution in [0.4, 0.5) is 0 Å². The van der Waals surface area contributed by atoms with Crippen LogP contribution in [0.25, 0.3) is 0 Å². The zero-order valence-corrected chi connectivity index (χ0v) is 6.47. The van der Waals surface area contributed by atoms with Crippen molar-refractivity contribution < 1.29 is 4.79 Å². The summed E-state index contributed by atoms with van der Waals surface area (Å²) in [7, 11) is 0. The number of carbonyl (C=O) groups is 1. The van der Waals surface area contributed by atoms with Crippen molar-refractivity contribution in [3.8, 4) is 0 Å². The van der Waals surface area contributed by atoms with Gasteiger partial charge >= 0.3 is 0 Å². The summed E-state index contributed by atoms with van der Waals surface area (Å²) in [5.41, 5.74) is 0. The minimum atomic E-state index is 0.168. The maximum absolute atomic E-state index is 10.6. The average molecular weight is 140 g/mol. The van der Waals surface area contributed by atoms with Crippen LogP contribution in [0.3, 0.4) is 0 Å². The maximum Gasteiger partial charge on any atom is 0.148 e. The van der Waals surface area contributed by atoms with Crippen LogP contribution in [0.5, 0.6) is 0 Å². The predicted molar refractivity (Wildman–Crippen MR) is 40.4 cm³/mol. The van der Waals surface area contributed by atoms with Gasteiger partial charge in [0.05, 0.1) is 6.54 Å². The van der Waals surface area contributed by atoms with Gasteiger partial charge in [-0.25, -0.2) is 0 Å². The number of Topliss-reactive ketones (excluding diaryl/α,β-unsaturated/α-hetero) is 1. The third kappa shape index (κ3) is 2.48. The van der Waals surface area contributed by atoms with Crippen molar-refractivity contribution in [1.82, 2.24) is 4.90 Å². The number of carbonyl (C=O) groups excluding carboxylic acids is 1. The molecule has 0 N–H and O–H groups in total. The van der Waals surface area contributed by atoms with Crippen molar-refractivity contribution in [3.63, 3.8) is 0 Å². The summed E-state index contributed by atoms with van der Waals surface area (Å²) < 4.78 is 0. The lowest BCUT2D eigenvalue weighted by Crippen LogP contribution is -2.29. The van der Waals surface area contributed by atoms with Crippen LogP contribution < -0.4 is 0 Å². The Morgan fingerprint density at radius 2 is 1.90 bits per heavy atom. The van der Waals surface area contributed by atoms with Crippen LogP contribution >= 0.6 is 0 Å². The fourth-order valence-electron chi connectivity index (χ4n) is 1.30. The summed E-state index contributed by atoms with van der Waals surface area (Å²) in [6, 6.07) is 0. The highest BCUT2D eigenvalue weighted by atomic mass is 16.1. The third-order valence-electron chi connectivity index (χ3n) is 1.76. The Balaban J connectivity index is 2.19. The van der Waals surface area contributed by atoms with Gasteiger partial charge in [0.25, 0.3) is 0 Å². The number of nitrogens with zero attached hydrogens (tertiary/aromatic N) is 1. The number of likely N-dealkylation sites (tertiary alicyclic amines) is 1. The van der Waals surface area contributed by atoms with Gasteiger partial charge in [-0.15, -0.1) is 0 Å². The Morgan fingerprint density at radius 1 is 1.30 bits per heavy atom. The largest absolute Gasteiger partial charge is 0.298 e. The van der Waals surface area contributed by atoms with Gasteiger partial charge < -0.3 is 0 Å². The van der Waals surface area contributed by atoms with Crippen LogP contribution in [0.2, 0.25) is 0 Å². The molecule has 0 spiro atoms. The molecule has 0 aromatic rings. The lowest BCUT2D eigenvalue weighted by molar-refractivity contribution is -0.115. The molecule has 0 amide bonds. The van der Waals surface area contributed by atoms with Gasteiger partial charge in [0.2, 0.25) is 0 Å². The molecule has 0 saturated carbocycles. The summed E-state index contributed by atoms with van der Waals surface area (Å²) in [6.45, 7) is 5.47. The fourth-order valence-corrected chi connectivity index (χ4v) is 1.30. The molecule has 2 heteroatoms. The molecule has 57 valence electrons. The minimum absolute atomic E-state index is 0.168. The first kappa shape index (κ1) is 7.73. The molecule has 0 unspecified atom stereocenters. The number of hydrogen-bond acceptors (Lipinski definition) is 2. The third-order valence-corrected chi connectivity index (χ3v) is 1.76. The SMILES string of the molecule is CC(=O)[CH]N1CCCCC1. The van der Waals surface area contributed by atoms with Crippen LogP contribution in [0.1, 0.15) is 26.2 Å². The summed E-state index contributed by atoms with van der Waals surface area (Å²) in [5.74, 6) is 0.168. The molecule has 1 aliphatic heterocycles. The van der Waals surface area contributed by atoms with Crippen LogP contribution in [0, 0.1) is 6.54 Å². The lowest BCUT2D eigenvalue weighted by Gasteiger charge is -2.24. The number of ketones is 1. The lowest BCUT2D eigenvalue weighted by atomic mass is 10.1. The number of rotatable bonds is 2. The van der Waals surface area contributed by atoms with E-state index in [4.69, 9.17) is 0 Å². The Labute approximate surface area is 62.2 Å². The molecular formula is C8H14NO. The smallest absolute Gasteiger partial charge is 0.148 e. The molecule has 1 radical (unpaired) electrons. The molecule has 1 saturated heterocycles. The summed E-state index contributed by atoms with van der Waals surface area (Å²) in [4.78, 5) is 12.7. The van der Waals surface area contributed by atoms with Crippen molar-refractivity contribution >= 4 is 5.78 Å². The quantitative estimate of drug-likeness (QED) is 0.575. The highest BCUT2D eigenvalue weighted by molar-refractivity contribution is 5.83. The first-order chi connectivity index (χ1) is 4.79. The molecule has 0 atom stereocenters. The van der Waals surface area contributed by atoms with Gasteiger partial charge in [0.15, 0.2) is 0 Å². The molecule has 0 bridgehead atoms. The minimum Gasteiger partial charge on any atom is -0.298 e. The normalized spacial score (nSPS) is 20.9. The molecular weight excluding hydrogens is 126 g/mol. The molecule has 1 fully saturated rings. The number of piperidine rings is 1. The summed E-state index contributed by atoms with van der Waals surface area (Å²) in [5, 5.41) is 0. The van der Waals surface area contributed by atoms with E-state index in [0.717, 1.165) is 13.1 Å². The molecule has 1 rings (SSSR count). The zero-order valence-electron chi connectivity index (χ0n) is 6.47. The summed E-state index contributed by atoms with van der Waals surface area (Å²) in [6.07, 6.45) is 3.80.